The average Bonchev–Trinajstić information content (AvgIpc) is 3.52. The summed E-state index contributed by atoms with van der Waals surface area (Å²) in [6, 6.07) is 29.4. The number of aromatic nitrogens is 2. The minimum Gasteiger partial charge on any atom is -0.361 e. The molecular formula is C31H22N4O2S. The fraction of sp³-hybridized carbons (Fsp3) is 0.0968. The Morgan fingerprint density at radius 2 is 1.76 bits per heavy atom. The van der Waals surface area contributed by atoms with Crippen LogP contribution in [0.3, 0.4) is 0 Å². The number of hydrogen-bond acceptors (Lipinski definition) is 5. The first kappa shape index (κ1) is 23.7. The van der Waals surface area contributed by atoms with Gasteiger partial charge in [-0.2, -0.15) is 5.26 Å². The molecule has 0 bridgehead atoms. The van der Waals surface area contributed by atoms with Crippen molar-refractivity contribution in [2.24, 2.45) is 0 Å². The summed E-state index contributed by atoms with van der Waals surface area (Å²) in [5, 5.41) is 11.0. The van der Waals surface area contributed by atoms with Crippen LogP contribution in [0.4, 0.5) is 5.69 Å². The Morgan fingerprint density at radius 1 is 0.974 bits per heavy atom. The molecule has 184 valence electrons. The van der Waals surface area contributed by atoms with Crippen molar-refractivity contribution in [1.29, 1.82) is 5.26 Å². The molecule has 7 heteroatoms. The Bertz CT molecular complexity index is 1740. The molecule has 0 spiro atoms. The van der Waals surface area contributed by atoms with E-state index in [9.17, 15) is 14.9 Å². The predicted octanol–water partition coefficient (Wildman–Crippen LogP) is 6.50. The molecule has 1 aliphatic heterocycles. The van der Waals surface area contributed by atoms with Gasteiger partial charge in [-0.1, -0.05) is 78.0 Å². The van der Waals surface area contributed by atoms with E-state index in [1.54, 1.807) is 6.07 Å². The number of fused-ring (bicyclic) bond motifs is 1. The van der Waals surface area contributed by atoms with Gasteiger partial charge in [0, 0.05) is 29.3 Å². The molecule has 2 aromatic heterocycles. The van der Waals surface area contributed by atoms with Crippen LogP contribution in [0.1, 0.15) is 17.5 Å². The highest BCUT2D eigenvalue weighted by atomic mass is 32.2. The molecule has 1 N–H and O–H groups in total. The third-order valence-corrected chi connectivity index (χ3v) is 7.86. The molecule has 3 heterocycles. The van der Waals surface area contributed by atoms with E-state index in [0.717, 1.165) is 33.2 Å². The zero-order valence-electron chi connectivity index (χ0n) is 20.5. The van der Waals surface area contributed by atoms with Crippen LogP contribution >= 0.6 is 11.8 Å². The van der Waals surface area contributed by atoms with Crippen molar-refractivity contribution in [1.82, 2.24) is 9.97 Å². The van der Waals surface area contributed by atoms with Crippen molar-refractivity contribution in [3.05, 3.63) is 102 Å². The van der Waals surface area contributed by atoms with E-state index in [1.165, 1.54) is 16.7 Å². The predicted molar refractivity (Wildman–Crippen MR) is 150 cm³/mol. The lowest BCUT2D eigenvalue weighted by molar-refractivity contribution is -0.121. The van der Waals surface area contributed by atoms with Gasteiger partial charge in [0.15, 0.2) is 0 Å². The smallest absolute Gasteiger partial charge is 0.247 e. The first-order valence-corrected chi connectivity index (χ1v) is 13.1. The van der Waals surface area contributed by atoms with E-state index in [-0.39, 0.29) is 18.2 Å². The van der Waals surface area contributed by atoms with Gasteiger partial charge < -0.3 is 4.98 Å². The van der Waals surface area contributed by atoms with Gasteiger partial charge in [-0.15, -0.1) is 0 Å². The highest BCUT2D eigenvalue weighted by Gasteiger charge is 2.41. The number of hydrogen-bond donors (Lipinski definition) is 1. The molecule has 1 aliphatic rings. The summed E-state index contributed by atoms with van der Waals surface area (Å²) in [5.74, 6) is -0.575. The Morgan fingerprint density at radius 3 is 2.53 bits per heavy atom. The largest absolute Gasteiger partial charge is 0.361 e. The van der Waals surface area contributed by atoms with Crippen LogP contribution in [0, 0.1) is 18.3 Å². The third-order valence-electron chi connectivity index (χ3n) is 6.69. The summed E-state index contributed by atoms with van der Waals surface area (Å²) in [4.78, 5) is 35.7. The van der Waals surface area contributed by atoms with Crippen LogP contribution in [0.15, 0.2) is 96.2 Å². The minimum absolute atomic E-state index is 0.0360. The maximum Gasteiger partial charge on any atom is 0.247 e. The minimum atomic E-state index is -0.682. The number of amides is 2. The number of benzene rings is 3. The van der Waals surface area contributed by atoms with E-state index in [2.05, 4.69) is 11.1 Å². The Balaban J connectivity index is 1.40. The first-order valence-electron chi connectivity index (χ1n) is 12.2. The van der Waals surface area contributed by atoms with Gasteiger partial charge in [0.2, 0.25) is 11.8 Å². The fourth-order valence-corrected chi connectivity index (χ4v) is 5.84. The molecule has 38 heavy (non-hydrogen) atoms. The molecule has 1 unspecified atom stereocenters. The summed E-state index contributed by atoms with van der Waals surface area (Å²) in [7, 11) is 0. The molecular weight excluding hydrogens is 492 g/mol. The number of aromatic amines is 1. The van der Waals surface area contributed by atoms with Crippen molar-refractivity contribution in [2.75, 3.05) is 4.90 Å². The highest BCUT2D eigenvalue weighted by Crippen LogP contribution is 2.39. The summed E-state index contributed by atoms with van der Waals surface area (Å²) in [6.45, 7) is 2.01. The molecule has 6 rings (SSSR count). The maximum atomic E-state index is 13.5. The third kappa shape index (κ3) is 4.25. The van der Waals surface area contributed by atoms with E-state index in [0.29, 0.717) is 22.0 Å². The molecule has 6 nitrogen and oxygen atoms in total. The molecule has 0 radical (unpaired) electrons. The van der Waals surface area contributed by atoms with Crippen LogP contribution in [-0.2, 0) is 9.59 Å². The number of pyridine rings is 1. The summed E-state index contributed by atoms with van der Waals surface area (Å²) >= 11 is 1.19. The van der Waals surface area contributed by atoms with Crippen LogP contribution in [0.5, 0.6) is 0 Å². The van der Waals surface area contributed by atoms with Crippen LogP contribution in [0.25, 0.3) is 33.3 Å². The number of H-pyrrole nitrogens is 1. The number of rotatable bonds is 5. The highest BCUT2D eigenvalue weighted by molar-refractivity contribution is 8.00. The lowest BCUT2D eigenvalue weighted by Gasteiger charge is -2.16. The van der Waals surface area contributed by atoms with Crippen molar-refractivity contribution in [3.8, 4) is 28.5 Å². The second-order valence-corrected chi connectivity index (χ2v) is 10.4. The van der Waals surface area contributed by atoms with Gasteiger partial charge in [-0.25, -0.2) is 9.88 Å². The van der Waals surface area contributed by atoms with Crippen LogP contribution in [-0.4, -0.2) is 27.0 Å². The fourth-order valence-electron chi connectivity index (χ4n) is 4.71. The van der Waals surface area contributed by atoms with Gasteiger partial charge in [0.25, 0.3) is 0 Å². The van der Waals surface area contributed by atoms with Crippen molar-refractivity contribution in [2.45, 2.75) is 23.6 Å². The molecule has 1 saturated heterocycles. The lowest BCUT2D eigenvalue weighted by atomic mass is 9.98. The molecule has 0 saturated carbocycles. The maximum absolute atomic E-state index is 13.5. The van der Waals surface area contributed by atoms with E-state index in [4.69, 9.17) is 4.98 Å². The monoisotopic (exact) mass is 514 g/mol. The number of nitriles is 1. The lowest BCUT2D eigenvalue weighted by Crippen LogP contribution is -2.31. The first-order chi connectivity index (χ1) is 18.5. The van der Waals surface area contributed by atoms with Gasteiger partial charge >= 0.3 is 0 Å². The Labute approximate surface area is 223 Å². The second-order valence-electron chi connectivity index (χ2n) is 9.21. The molecule has 1 atom stereocenters. The number of nitrogens with zero attached hydrogens (tertiary/aromatic N) is 3. The molecule has 5 aromatic rings. The molecule has 0 aliphatic carbocycles. The number of aryl methyl sites for hydroxylation is 1. The summed E-state index contributed by atoms with van der Waals surface area (Å²) in [6.07, 6.45) is 1.86. The Hall–Kier alpha value is -4.67. The molecule has 1 fully saturated rings. The van der Waals surface area contributed by atoms with Crippen molar-refractivity contribution in [3.63, 3.8) is 0 Å². The number of thioether (sulfide) groups is 1. The second kappa shape index (κ2) is 9.66. The van der Waals surface area contributed by atoms with E-state index < -0.39 is 5.25 Å². The SMILES string of the molecule is Cc1ccc(-c2cc(-c3ccccc3)nc(SC3CC(=O)N(c4ccc5cc[nH]c5c4)C3=O)c2C#N)cc1. The zero-order chi connectivity index (χ0) is 26.2. The Kier molecular flexibility index (Phi) is 6.02. The van der Waals surface area contributed by atoms with Gasteiger partial charge in [0.05, 0.1) is 22.2 Å². The average molecular weight is 515 g/mol. The number of nitrogens with one attached hydrogen (secondary N) is 1. The topological polar surface area (TPSA) is 89.8 Å². The van der Waals surface area contributed by atoms with Crippen molar-refractivity contribution >= 4 is 40.2 Å². The number of imide groups is 1. The van der Waals surface area contributed by atoms with Gasteiger partial charge in [-0.05, 0) is 42.1 Å². The number of anilines is 1. The molecule has 2 amide bonds. The summed E-state index contributed by atoms with van der Waals surface area (Å²) < 4.78 is 0. The van der Waals surface area contributed by atoms with Gasteiger partial charge in [-0.3, -0.25) is 9.59 Å². The number of carbonyl (C=O) groups is 2. The quantitative estimate of drug-likeness (QED) is 0.270. The number of carbonyl (C=O) groups excluding carboxylic acids is 2. The normalized spacial score (nSPS) is 15.3. The standard InChI is InChI=1S/C31H22N4O2S/c1-19-7-9-20(10-8-19)24-16-27(21-5-3-2-4-6-21)34-30(25(24)18-32)38-28-17-29(36)35(31(28)37)23-12-11-22-13-14-33-26(22)15-23/h2-16,28,33H,17H2,1H3. The van der Waals surface area contributed by atoms with Crippen molar-refractivity contribution < 1.29 is 9.59 Å². The van der Waals surface area contributed by atoms with Gasteiger partial charge in [0.1, 0.15) is 11.1 Å². The summed E-state index contributed by atoms with van der Waals surface area (Å²) in [5.41, 5.74) is 6.14. The zero-order valence-corrected chi connectivity index (χ0v) is 21.3. The van der Waals surface area contributed by atoms with E-state index >= 15 is 0 Å². The van der Waals surface area contributed by atoms with Crippen LogP contribution in [0.2, 0.25) is 0 Å². The van der Waals surface area contributed by atoms with Crippen LogP contribution < -0.4 is 4.90 Å². The molecule has 3 aromatic carbocycles. The van der Waals surface area contributed by atoms with E-state index in [1.807, 2.05) is 92.0 Å².